The fraction of sp³-hybridized carbons (Fsp3) is 0.583. The Hall–Kier alpha value is -1.50. The van der Waals surface area contributed by atoms with Gasteiger partial charge in [0.1, 0.15) is 6.04 Å². The number of thioether (sulfide) groups is 1. The van der Waals surface area contributed by atoms with Gasteiger partial charge in [0, 0.05) is 30.7 Å². The maximum atomic E-state index is 10.9. The van der Waals surface area contributed by atoms with Crippen LogP contribution in [0.1, 0.15) is 32.5 Å². The van der Waals surface area contributed by atoms with Gasteiger partial charge in [-0.1, -0.05) is 0 Å². The Morgan fingerprint density at radius 2 is 2.21 bits per heavy atom. The summed E-state index contributed by atoms with van der Waals surface area (Å²) in [5.41, 5.74) is 0.908. The smallest absolute Gasteiger partial charge is 0.327 e. The first-order chi connectivity index (χ1) is 8.90. The van der Waals surface area contributed by atoms with Crippen molar-refractivity contribution in [3.8, 4) is 0 Å². The highest BCUT2D eigenvalue weighted by Gasteiger charge is 2.18. The van der Waals surface area contributed by atoms with Gasteiger partial charge in [-0.2, -0.15) is 16.9 Å². The molecule has 0 aromatic carbocycles. The number of aromatic nitrogens is 2. The monoisotopic (exact) mass is 285 g/mol. The summed E-state index contributed by atoms with van der Waals surface area (Å²) in [6.45, 7) is 5.40. The molecular weight excluding hydrogens is 266 g/mol. The Balaban J connectivity index is 2.42. The lowest BCUT2D eigenvalue weighted by Gasteiger charge is -2.12. The van der Waals surface area contributed by atoms with Gasteiger partial charge < -0.3 is 10.4 Å². The molecule has 1 unspecified atom stereocenters. The fourth-order valence-corrected chi connectivity index (χ4v) is 2.39. The molecule has 1 aromatic rings. The number of carboxylic acids is 1. The predicted octanol–water partition coefficient (Wildman–Crippen LogP) is 1.29. The van der Waals surface area contributed by atoms with Gasteiger partial charge in [0.05, 0.1) is 5.69 Å². The third-order valence-corrected chi connectivity index (χ3v) is 3.47. The SMILES string of the molecule is CC(=O)NC(CSCc1ccn(C(C)C)n1)C(=O)O. The summed E-state index contributed by atoms with van der Waals surface area (Å²) in [5.74, 6) is -0.403. The van der Waals surface area contributed by atoms with Gasteiger partial charge in [-0.3, -0.25) is 9.48 Å². The van der Waals surface area contributed by atoms with Gasteiger partial charge >= 0.3 is 5.97 Å². The van der Waals surface area contributed by atoms with E-state index in [-0.39, 0.29) is 5.91 Å². The van der Waals surface area contributed by atoms with E-state index in [0.717, 1.165) is 5.69 Å². The average molecular weight is 285 g/mol. The molecule has 106 valence electrons. The van der Waals surface area contributed by atoms with Crippen LogP contribution >= 0.6 is 11.8 Å². The van der Waals surface area contributed by atoms with Crippen molar-refractivity contribution in [1.82, 2.24) is 15.1 Å². The van der Waals surface area contributed by atoms with Crippen molar-refractivity contribution in [3.05, 3.63) is 18.0 Å². The number of carbonyl (C=O) groups excluding carboxylic acids is 1. The number of carbonyl (C=O) groups is 2. The van der Waals surface area contributed by atoms with Gasteiger partial charge in [0.2, 0.25) is 5.91 Å². The van der Waals surface area contributed by atoms with Crippen LogP contribution in [0.5, 0.6) is 0 Å². The van der Waals surface area contributed by atoms with E-state index in [4.69, 9.17) is 5.11 Å². The standard InChI is InChI=1S/C12H19N3O3S/c1-8(2)15-5-4-10(14-15)6-19-7-11(12(17)18)13-9(3)16/h4-5,8,11H,6-7H2,1-3H3,(H,13,16)(H,17,18). The van der Waals surface area contributed by atoms with Crippen LogP contribution in [0, 0.1) is 0 Å². The molecule has 0 radical (unpaired) electrons. The second kappa shape index (κ2) is 7.18. The largest absolute Gasteiger partial charge is 0.480 e. The average Bonchev–Trinajstić information content (AvgIpc) is 2.75. The van der Waals surface area contributed by atoms with Crippen LogP contribution in [0.3, 0.4) is 0 Å². The highest BCUT2D eigenvalue weighted by Crippen LogP contribution is 2.13. The van der Waals surface area contributed by atoms with Crippen molar-refractivity contribution < 1.29 is 14.7 Å². The Kier molecular flexibility index (Phi) is 5.88. The van der Waals surface area contributed by atoms with Crippen molar-refractivity contribution in [2.24, 2.45) is 0 Å². The molecular formula is C12H19N3O3S. The number of carboxylic acid groups (broad SMARTS) is 1. The zero-order chi connectivity index (χ0) is 14.4. The van der Waals surface area contributed by atoms with E-state index in [1.54, 1.807) is 0 Å². The van der Waals surface area contributed by atoms with Crippen molar-refractivity contribution in [2.75, 3.05) is 5.75 Å². The first kappa shape index (κ1) is 15.6. The molecule has 0 bridgehead atoms. The fourth-order valence-electron chi connectivity index (χ4n) is 1.44. The van der Waals surface area contributed by atoms with E-state index < -0.39 is 12.0 Å². The molecule has 0 aliphatic carbocycles. The molecule has 19 heavy (non-hydrogen) atoms. The Morgan fingerprint density at radius 1 is 1.53 bits per heavy atom. The van der Waals surface area contributed by atoms with Gasteiger partial charge in [-0.05, 0) is 19.9 Å². The molecule has 1 rings (SSSR count). The summed E-state index contributed by atoms with van der Waals surface area (Å²) in [6, 6.07) is 1.38. The number of rotatable bonds is 7. The van der Waals surface area contributed by atoms with Crippen LogP contribution in [0.4, 0.5) is 0 Å². The molecule has 0 spiro atoms. The molecule has 0 saturated carbocycles. The quantitative estimate of drug-likeness (QED) is 0.788. The van der Waals surface area contributed by atoms with E-state index in [1.165, 1.54) is 18.7 Å². The first-order valence-corrected chi connectivity index (χ1v) is 7.17. The third-order valence-electron chi connectivity index (χ3n) is 2.40. The van der Waals surface area contributed by atoms with Crippen molar-refractivity contribution >= 4 is 23.6 Å². The molecule has 6 nitrogen and oxygen atoms in total. The van der Waals surface area contributed by atoms with Crippen molar-refractivity contribution in [3.63, 3.8) is 0 Å². The van der Waals surface area contributed by atoms with E-state index in [9.17, 15) is 9.59 Å². The topological polar surface area (TPSA) is 84.2 Å². The molecule has 0 aliphatic rings. The first-order valence-electron chi connectivity index (χ1n) is 6.02. The van der Waals surface area contributed by atoms with Gasteiger partial charge in [0.25, 0.3) is 0 Å². The number of nitrogens with zero attached hydrogens (tertiary/aromatic N) is 2. The van der Waals surface area contributed by atoms with Crippen molar-refractivity contribution in [1.29, 1.82) is 0 Å². The molecule has 1 aromatic heterocycles. The summed E-state index contributed by atoms with van der Waals surface area (Å²) in [4.78, 5) is 21.8. The van der Waals surface area contributed by atoms with Gasteiger partial charge in [0.15, 0.2) is 0 Å². The lowest BCUT2D eigenvalue weighted by Crippen LogP contribution is -2.41. The molecule has 2 N–H and O–H groups in total. The van der Waals surface area contributed by atoms with Crippen LogP contribution in [-0.4, -0.2) is 38.6 Å². The minimum absolute atomic E-state index is 0.310. The summed E-state index contributed by atoms with van der Waals surface area (Å²) in [7, 11) is 0. The van der Waals surface area contributed by atoms with Crippen LogP contribution < -0.4 is 5.32 Å². The summed E-state index contributed by atoms with van der Waals surface area (Å²) in [5, 5.41) is 15.7. The minimum atomic E-state index is -1.02. The van der Waals surface area contributed by atoms with Crippen LogP contribution in [0.2, 0.25) is 0 Å². The highest BCUT2D eigenvalue weighted by atomic mass is 32.2. The van der Waals surface area contributed by atoms with E-state index in [2.05, 4.69) is 10.4 Å². The van der Waals surface area contributed by atoms with E-state index in [1.807, 2.05) is 30.8 Å². The van der Waals surface area contributed by atoms with Gasteiger partial charge in [-0.15, -0.1) is 0 Å². The Bertz CT molecular complexity index is 445. The molecule has 1 amide bonds. The molecule has 1 atom stereocenters. The van der Waals surface area contributed by atoms with Crippen LogP contribution in [0.15, 0.2) is 12.3 Å². The predicted molar refractivity (Wildman–Crippen MR) is 74.0 cm³/mol. The second-order valence-electron chi connectivity index (χ2n) is 4.49. The molecule has 0 saturated heterocycles. The Labute approximate surface area is 116 Å². The Morgan fingerprint density at radius 3 is 2.68 bits per heavy atom. The maximum Gasteiger partial charge on any atom is 0.327 e. The normalized spacial score (nSPS) is 12.4. The molecule has 7 heteroatoms. The number of hydrogen-bond donors (Lipinski definition) is 2. The number of amides is 1. The highest BCUT2D eigenvalue weighted by molar-refractivity contribution is 7.98. The second-order valence-corrected chi connectivity index (χ2v) is 5.52. The number of aliphatic carboxylic acids is 1. The molecule has 1 heterocycles. The lowest BCUT2D eigenvalue weighted by atomic mass is 10.3. The van der Waals surface area contributed by atoms with Crippen molar-refractivity contribution in [2.45, 2.75) is 38.6 Å². The maximum absolute atomic E-state index is 10.9. The summed E-state index contributed by atoms with van der Waals surface area (Å²) in [6.07, 6.45) is 1.91. The minimum Gasteiger partial charge on any atom is -0.480 e. The van der Waals surface area contributed by atoms with E-state index >= 15 is 0 Å². The number of nitrogens with one attached hydrogen (secondary N) is 1. The summed E-state index contributed by atoms with van der Waals surface area (Å²) >= 11 is 1.44. The van der Waals surface area contributed by atoms with Crippen LogP contribution in [0.25, 0.3) is 0 Å². The number of hydrogen-bond acceptors (Lipinski definition) is 4. The third kappa shape index (κ3) is 5.34. The zero-order valence-corrected chi connectivity index (χ0v) is 12.1. The summed E-state index contributed by atoms with van der Waals surface area (Å²) < 4.78 is 1.86. The molecule has 0 aliphatic heterocycles. The van der Waals surface area contributed by atoms with E-state index in [0.29, 0.717) is 17.5 Å². The zero-order valence-electron chi connectivity index (χ0n) is 11.3. The van der Waals surface area contributed by atoms with Crippen LogP contribution in [-0.2, 0) is 15.3 Å². The lowest BCUT2D eigenvalue weighted by molar-refractivity contribution is -0.140. The molecule has 0 fully saturated rings. The van der Waals surface area contributed by atoms with Gasteiger partial charge in [-0.25, -0.2) is 4.79 Å².